The average Bonchev–Trinajstić information content (AvgIpc) is 2.23. The van der Waals surface area contributed by atoms with E-state index in [-0.39, 0.29) is 6.10 Å². The normalized spacial score (nSPS) is 12.5. The number of halogens is 2. The van der Waals surface area contributed by atoms with Crippen molar-refractivity contribution in [1.82, 2.24) is 5.32 Å². The number of rotatable bonds is 6. The van der Waals surface area contributed by atoms with Crippen LogP contribution >= 0.6 is 27.5 Å². The van der Waals surface area contributed by atoms with E-state index in [1.54, 1.807) is 0 Å². The van der Waals surface area contributed by atoms with E-state index in [0.29, 0.717) is 5.02 Å². The smallest absolute Gasteiger partial charge is 0.133 e. The summed E-state index contributed by atoms with van der Waals surface area (Å²) >= 11 is 9.30. The molecule has 0 saturated heterocycles. The Balaban J connectivity index is 2.46. The largest absolute Gasteiger partial charge is 0.490 e. The van der Waals surface area contributed by atoms with Crippen LogP contribution in [-0.4, -0.2) is 19.7 Å². The number of benzene rings is 1. The number of nitrogens with one attached hydrogen (secondary N) is 1. The molecule has 90 valence electrons. The van der Waals surface area contributed by atoms with Gasteiger partial charge in [-0.25, -0.2) is 0 Å². The average molecular weight is 307 g/mol. The van der Waals surface area contributed by atoms with Gasteiger partial charge in [0.15, 0.2) is 0 Å². The summed E-state index contributed by atoms with van der Waals surface area (Å²) in [7, 11) is 1.96. The topological polar surface area (TPSA) is 21.3 Å². The summed E-state index contributed by atoms with van der Waals surface area (Å²) in [6, 6.07) is 5.57. The molecule has 0 amide bonds. The first-order chi connectivity index (χ1) is 7.63. The van der Waals surface area contributed by atoms with Crippen LogP contribution in [0.5, 0.6) is 5.75 Å². The molecule has 1 aromatic carbocycles. The summed E-state index contributed by atoms with van der Waals surface area (Å²) in [6.07, 6.45) is 2.37. The van der Waals surface area contributed by atoms with Crippen LogP contribution in [0, 0.1) is 0 Å². The molecule has 0 heterocycles. The van der Waals surface area contributed by atoms with Gasteiger partial charge in [0, 0.05) is 5.02 Å². The lowest BCUT2D eigenvalue weighted by Gasteiger charge is -2.15. The van der Waals surface area contributed by atoms with Gasteiger partial charge in [-0.05, 0) is 67.5 Å². The quantitative estimate of drug-likeness (QED) is 0.806. The molecule has 1 aromatic rings. The first-order valence-corrected chi connectivity index (χ1v) is 6.57. The second kappa shape index (κ2) is 7.15. The van der Waals surface area contributed by atoms with E-state index >= 15 is 0 Å². The van der Waals surface area contributed by atoms with Gasteiger partial charge in [-0.2, -0.15) is 0 Å². The van der Waals surface area contributed by atoms with Gasteiger partial charge in [0.05, 0.1) is 10.6 Å². The van der Waals surface area contributed by atoms with Gasteiger partial charge in [0.1, 0.15) is 5.75 Å². The molecule has 1 N–H and O–H groups in total. The monoisotopic (exact) mass is 305 g/mol. The molecule has 2 nitrogen and oxygen atoms in total. The van der Waals surface area contributed by atoms with E-state index in [1.165, 1.54) is 0 Å². The van der Waals surface area contributed by atoms with Crippen molar-refractivity contribution >= 4 is 27.5 Å². The Labute approximate surface area is 110 Å². The van der Waals surface area contributed by atoms with Crippen molar-refractivity contribution in [2.24, 2.45) is 0 Å². The van der Waals surface area contributed by atoms with Crippen molar-refractivity contribution in [3.63, 3.8) is 0 Å². The van der Waals surface area contributed by atoms with Crippen LogP contribution in [0.15, 0.2) is 22.7 Å². The zero-order valence-corrected chi connectivity index (χ0v) is 11.9. The first kappa shape index (κ1) is 13.8. The fraction of sp³-hybridized carbons (Fsp3) is 0.500. The van der Waals surface area contributed by atoms with Gasteiger partial charge in [0.2, 0.25) is 0 Å². The fourth-order valence-corrected chi connectivity index (χ4v) is 2.19. The van der Waals surface area contributed by atoms with E-state index in [0.717, 1.165) is 29.6 Å². The standard InChI is InChI=1S/C12H17BrClNO/c1-9(4-3-7-15-2)16-12-6-5-10(14)8-11(12)13/h5-6,8-9,15H,3-4,7H2,1-2H3. The highest BCUT2D eigenvalue weighted by Crippen LogP contribution is 2.29. The third-order valence-electron chi connectivity index (χ3n) is 2.26. The number of ether oxygens (including phenoxy) is 1. The predicted octanol–water partition coefficient (Wildman–Crippen LogP) is 3.87. The maximum Gasteiger partial charge on any atom is 0.133 e. The van der Waals surface area contributed by atoms with Crippen molar-refractivity contribution < 1.29 is 4.74 Å². The van der Waals surface area contributed by atoms with Crippen molar-refractivity contribution in [3.05, 3.63) is 27.7 Å². The van der Waals surface area contributed by atoms with E-state index in [4.69, 9.17) is 16.3 Å². The predicted molar refractivity (Wildman–Crippen MR) is 72.4 cm³/mol. The molecule has 4 heteroatoms. The van der Waals surface area contributed by atoms with Crippen LogP contribution in [0.2, 0.25) is 5.02 Å². The lowest BCUT2D eigenvalue weighted by Crippen LogP contribution is -2.15. The Morgan fingerprint density at radius 2 is 2.25 bits per heavy atom. The van der Waals surface area contributed by atoms with Crippen LogP contribution in [0.25, 0.3) is 0 Å². The lowest BCUT2D eigenvalue weighted by molar-refractivity contribution is 0.206. The van der Waals surface area contributed by atoms with Gasteiger partial charge < -0.3 is 10.1 Å². The van der Waals surface area contributed by atoms with Crippen LogP contribution in [-0.2, 0) is 0 Å². The van der Waals surface area contributed by atoms with Crippen molar-refractivity contribution in [2.75, 3.05) is 13.6 Å². The highest BCUT2D eigenvalue weighted by Gasteiger charge is 2.07. The zero-order chi connectivity index (χ0) is 12.0. The Bertz CT molecular complexity index is 333. The Morgan fingerprint density at radius 3 is 2.88 bits per heavy atom. The third-order valence-corrected chi connectivity index (χ3v) is 3.11. The Hall–Kier alpha value is -0.250. The highest BCUT2D eigenvalue weighted by molar-refractivity contribution is 9.10. The maximum atomic E-state index is 5.86. The molecule has 1 rings (SSSR count). The molecule has 0 aromatic heterocycles. The number of hydrogen-bond donors (Lipinski definition) is 1. The summed E-state index contributed by atoms with van der Waals surface area (Å²) in [5.41, 5.74) is 0. The molecule has 0 aliphatic heterocycles. The van der Waals surface area contributed by atoms with Crippen LogP contribution < -0.4 is 10.1 Å². The molecular weight excluding hydrogens is 289 g/mol. The summed E-state index contributed by atoms with van der Waals surface area (Å²) in [4.78, 5) is 0. The molecule has 0 saturated carbocycles. The van der Waals surface area contributed by atoms with E-state index < -0.39 is 0 Å². The van der Waals surface area contributed by atoms with Crippen LogP contribution in [0.4, 0.5) is 0 Å². The second-order valence-electron chi connectivity index (χ2n) is 3.75. The van der Waals surface area contributed by atoms with Crippen LogP contribution in [0.3, 0.4) is 0 Å². The summed E-state index contributed by atoms with van der Waals surface area (Å²) in [5, 5.41) is 3.83. The van der Waals surface area contributed by atoms with Crippen molar-refractivity contribution in [1.29, 1.82) is 0 Å². The fourth-order valence-electron chi connectivity index (χ4n) is 1.41. The van der Waals surface area contributed by atoms with Gasteiger partial charge in [-0.3, -0.25) is 0 Å². The second-order valence-corrected chi connectivity index (χ2v) is 5.04. The molecule has 0 aliphatic carbocycles. The molecule has 0 aliphatic rings. The molecule has 0 fully saturated rings. The maximum absolute atomic E-state index is 5.86. The minimum absolute atomic E-state index is 0.214. The molecular formula is C12H17BrClNO. The summed E-state index contributed by atoms with van der Waals surface area (Å²) in [6.45, 7) is 3.10. The molecule has 0 bridgehead atoms. The van der Waals surface area contributed by atoms with Crippen molar-refractivity contribution in [2.45, 2.75) is 25.9 Å². The molecule has 1 unspecified atom stereocenters. The van der Waals surface area contributed by atoms with Gasteiger partial charge in [-0.15, -0.1) is 0 Å². The number of hydrogen-bond acceptors (Lipinski definition) is 2. The zero-order valence-electron chi connectivity index (χ0n) is 9.59. The Morgan fingerprint density at radius 1 is 1.50 bits per heavy atom. The van der Waals surface area contributed by atoms with Crippen LogP contribution in [0.1, 0.15) is 19.8 Å². The molecule has 0 spiro atoms. The minimum atomic E-state index is 0.214. The van der Waals surface area contributed by atoms with Gasteiger partial charge in [0.25, 0.3) is 0 Å². The highest BCUT2D eigenvalue weighted by atomic mass is 79.9. The molecule has 16 heavy (non-hydrogen) atoms. The summed E-state index contributed by atoms with van der Waals surface area (Å²) < 4.78 is 6.72. The third kappa shape index (κ3) is 4.73. The minimum Gasteiger partial charge on any atom is -0.490 e. The van der Waals surface area contributed by atoms with Crippen molar-refractivity contribution in [3.8, 4) is 5.75 Å². The molecule has 0 radical (unpaired) electrons. The van der Waals surface area contributed by atoms with Gasteiger partial charge in [-0.1, -0.05) is 11.6 Å². The van der Waals surface area contributed by atoms with Gasteiger partial charge >= 0.3 is 0 Å². The van der Waals surface area contributed by atoms with E-state index in [9.17, 15) is 0 Å². The van der Waals surface area contributed by atoms with E-state index in [2.05, 4.69) is 28.2 Å². The summed E-state index contributed by atoms with van der Waals surface area (Å²) in [5.74, 6) is 0.848. The Kier molecular flexibility index (Phi) is 6.17. The SMILES string of the molecule is CNCCCC(C)Oc1ccc(Cl)cc1Br. The lowest BCUT2D eigenvalue weighted by atomic mass is 10.2. The van der Waals surface area contributed by atoms with E-state index in [1.807, 2.05) is 25.2 Å². The first-order valence-electron chi connectivity index (χ1n) is 5.39. The molecule has 1 atom stereocenters.